The van der Waals surface area contributed by atoms with E-state index in [1.807, 2.05) is 19.1 Å². The lowest BCUT2D eigenvalue weighted by atomic mass is 10.0. The molecule has 0 bridgehead atoms. The van der Waals surface area contributed by atoms with Crippen molar-refractivity contribution in [3.8, 4) is 16.9 Å². The highest BCUT2D eigenvalue weighted by Crippen LogP contribution is 2.31. The zero-order valence-electron chi connectivity index (χ0n) is 21.2. The Bertz CT molecular complexity index is 1230. The molecular formula is C29H30F3NO4. The minimum absolute atomic E-state index is 0.244. The molecule has 0 aromatic heterocycles. The number of amides is 1. The quantitative estimate of drug-likeness (QED) is 0.338. The molecule has 0 aliphatic rings. The van der Waals surface area contributed by atoms with E-state index in [0.717, 1.165) is 23.3 Å². The van der Waals surface area contributed by atoms with Gasteiger partial charge in [0.15, 0.2) is 5.60 Å². The molecule has 0 saturated heterocycles. The highest BCUT2D eigenvalue weighted by molar-refractivity contribution is 5.94. The number of halogens is 3. The van der Waals surface area contributed by atoms with Crippen molar-refractivity contribution in [2.45, 2.75) is 45.9 Å². The first kappa shape index (κ1) is 27.8. The van der Waals surface area contributed by atoms with Crippen molar-refractivity contribution in [1.82, 2.24) is 5.32 Å². The molecule has 8 heteroatoms. The van der Waals surface area contributed by atoms with Gasteiger partial charge in [0.05, 0.1) is 12.2 Å². The third-order valence-electron chi connectivity index (χ3n) is 5.76. The maximum absolute atomic E-state index is 12.8. The molecule has 0 spiro atoms. The van der Waals surface area contributed by atoms with Gasteiger partial charge in [0, 0.05) is 12.1 Å². The molecule has 0 atom stereocenters. The minimum atomic E-state index is -4.38. The summed E-state index contributed by atoms with van der Waals surface area (Å²) in [5, 5.41) is 2.88. The van der Waals surface area contributed by atoms with E-state index in [4.69, 9.17) is 9.47 Å². The number of hydrogen-bond donors (Lipinski definition) is 1. The Balaban J connectivity index is 1.54. The van der Waals surface area contributed by atoms with Gasteiger partial charge in [0.1, 0.15) is 5.75 Å². The molecular weight excluding hydrogens is 483 g/mol. The standard InChI is InChI=1S/C29H30F3NO4/c1-5-36-27(35)28(3,4)37-25-15-6-20(18-19(25)2)16-17-33-26(34)23-9-7-21(8-10-23)22-11-13-24(14-12-22)29(30,31)32/h6-15,18H,5,16-17H2,1-4H3,(H,33,34). The van der Waals surface area contributed by atoms with Crippen LogP contribution in [-0.2, 0) is 22.1 Å². The van der Waals surface area contributed by atoms with Crippen LogP contribution in [0.3, 0.4) is 0 Å². The molecule has 196 valence electrons. The number of nitrogens with one attached hydrogen (secondary N) is 1. The fraction of sp³-hybridized carbons (Fsp3) is 0.310. The van der Waals surface area contributed by atoms with E-state index in [9.17, 15) is 22.8 Å². The molecule has 3 aromatic rings. The fourth-order valence-corrected chi connectivity index (χ4v) is 3.69. The number of benzene rings is 3. The van der Waals surface area contributed by atoms with Gasteiger partial charge in [-0.3, -0.25) is 4.79 Å². The Morgan fingerprint density at radius 1 is 0.892 bits per heavy atom. The average Bonchev–Trinajstić information content (AvgIpc) is 2.85. The van der Waals surface area contributed by atoms with Crippen LogP contribution in [0.15, 0.2) is 66.7 Å². The molecule has 0 saturated carbocycles. The number of carbonyl (C=O) groups is 2. The largest absolute Gasteiger partial charge is 0.476 e. The normalized spacial score (nSPS) is 11.6. The maximum atomic E-state index is 12.8. The number of alkyl halides is 3. The van der Waals surface area contributed by atoms with Crippen molar-refractivity contribution in [3.05, 3.63) is 89.0 Å². The number of aryl methyl sites for hydroxylation is 1. The van der Waals surface area contributed by atoms with Gasteiger partial charge in [-0.05, 0) is 86.7 Å². The van der Waals surface area contributed by atoms with E-state index in [0.29, 0.717) is 35.4 Å². The molecule has 0 aliphatic heterocycles. The summed E-state index contributed by atoms with van der Waals surface area (Å²) in [4.78, 5) is 24.6. The first-order valence-electron chi connectivity index (χ1n) is 11.9. The van der Waals surface area contributed by atoms with Crippen LogP contribution in [0.4, 0.5) is 13.2 Å². The Morgan fingerprint density at radius 2 is 1.49 bits per heavy atom. The second-order valence-corrected chi connectivity index (χ2v) is 9.09. The number of hydrogen-bond acceptors (Lipinski definition) is 4. The average molecular weight is 514 g/mol. The molecule has 0 fully saturated rings. The fourth-order valence-electron chi connectivity index (χ4n) is 3.69. The highest BCUT2D eigenvalue weighted by atomic mass is 19.4. The zero-order valence-corrected chi connectivity index (χ0v) is 21.2. The first-order chi connectivity index (χ1) is 17.4. The van der Waals surface area contributed by atoms with Gasteiger partial charge in [0.25, 0.3) is 5.91 Å². The minimum Gasteiger partial charge on any atom is -0.476 e. The molecule has 3 rings (SSSR count). The number of carbonyl (C=O) groups excluding carboxylic acids is 2. The molecule has 1 amide bonds. The van der Waals surface area contributed by atoms with Crippen LogP contribution in [0.25, 0.3) is 11.1 Å². The Kier molecular flexibility index (Phi) is 8.63. The summed E-state index contributed by atoms with van der Waals surface area (Å²) in [6, 6.07) is 17.2. The van der Waals surface area contributed by atoms with Gasteiger partial charge in [-0.25, -0.2) is 4.79 Å². The van der Waals surface area contributed by atoms with Gasteiger partial charge in [0.2, 0.25) is 0 Å². The molecule has 3 aromatic carbocycles. The predicted octanol–water partition coefficient (Wildman–Crippen LogP) is 6.37. The smallest absolute Gasteiger partial charge is 0.416 e. The molecule has 5 nitrogen and oxygen atoms in total. The lowest BCUT2D eigenvalue weighted by Crippen LogP contribution is -2.39. The van der Waals surface area contributed by atoms with E-state index < -0.39 is 23.3 Å². The highest BCUT2D eigenvalue weighted by Gasteiger charge is 2.32. The monoisotopic (exact) mass is 513 g/mol. The van der Waals surface area contributed by atoms with Crippen molar-refractivity contribution in [2.75, 3.05) is 13.2 Å². The first-order valence-corrected chi connectivity index (χ1v) is 11.9. The Morgan fingerprint density at radius 3 is 2.03 bits per heavy atom. The van der Waals surface area contributed by atoms with Crippen molar-refractivity contribution in [3.63, 3.8) is 0 Å². The lowest BCUT2D eigenvalue weighted by molar-refractivity contribution is -0.158. The van der Waals surface area contributed by atoms with Gasteiger partial charge in [-0.1, -0.05) is 36.4 Å². The Hall–Kier alpha value is -3.81. The third kappa shape index (κ3) is 7.35. The SMILES string of the molecule is CCOC(=O)C(C)(C)Oc1ccc(CCNC(=O)c2ccc(-c3ccc(C(F)(F)F)cc3)cc2)cc1C. The van der Waals surface area contributed by atoms with Crippen LogP contribution in [0.5, 0.6) is 5.75 Å². The maximum Gasteiger partial charge on any atom is 0.416 e. The summed E-state index contributed by atoms with van der Waals surface area (Å²) in [5.74, 6) is -0.0978. The van der Waals surface area contributed by atoms with E-state index in [2.05, 4.69) is 5.32 Å². The van der Waals surface area contributed by atoms with E-state index in [-0.39, 0.29) is 12.5 Å². The van der Waals surface area contributed by atoms with Gasteiger partial charge >= 0.3 is 12.1 Å². The van der Waals surface area contributed by atoms with E-state index >= 15 is 0 Å². The van der Waals surface area contributed by atoms with Gasteiger partial charge < -0.3 is 14.8 Å². The molecule has 0 unspecified atom stereocenters. The summed E-state index contributed by atoms with van der Waals surface area (Å²) in [7, 11) is 0. The van der Waals surface area contributed by atoms with Crippen molar-refractivity contribution < 1.29 is 32.2 Å². The van der Waals surface area contributed by atoms with E-state index in [1.165, 1.54) is 12.1 Å². The summed E-state index contributed by atoms with van der Waals surface area (Å²) in [6.45, 7) is 7.63. The molecule has 37 heavy (non-hydrogen) atoms. The summed E-state index contributed by atoms with van der Waals surface area (Å²) < 4.78 is 49.2. The molecule has 0 radical (unpaired) electrons. The predicted molar refractivity (Wildman–Crippen MR) is 135 cm³/mol. The van der Waals surface area contributed by atoms with Crippen molar-refractivity contribution >= 4 is 11.9 Å². The van der Waals surface area contributed by atoms with Crippen LogP contribution in [0.2, 0.25) is 0 Å². The number of rotatable bonds is 9. The van der Waals surface area contributed by atoms with Gasteiger partial charge in [-0.15, -0.1) is 0 Å². The topological polar surface area (TPSA) is 64.6 Å². The lowest BCUT2D eigenvalue weighted by Gasteiger charge is -2.25. The molecule has 0 aliphatic carbocycles. The second-order valence-electron chi connectivity index (χ2n) is 9.09. The van der Waals surface area contributed by atoms with Gasteiger partial charge in [-0.2, -0.15) is 13.2 Å². The van der Waals surface area contributed by atoms with Crippen molar-refractivity contribution in [2.24, 2.45) is 0 Å². The van der Waals surface area contributed by atoms with Crippen LogP contribution in [0, 0.1) is 6.92 Å². The summed E-state index contributed by atoms with van der Waals surface area (Å²) in [5.41, 5.74) is 1.85. The zero-order chi connectivity index (χ0) is 27.2. The third-order valence-corrected chi connectivity index (χ3v) is 5.76. The van der Waals surface area contributed by atoms with Crippen LogP contribution >= 0.6 is 0 Å². The number of ether oxygens (including phenoxy) is 2. The van der Waals surface area contributed by atoms with Crippen LogP contribution < -0.4 is 10.1 Å². The Labute approximate surface area is 214 Å². The van der Waals surface area contributed by atoms with Crippen LogP contribution in [0.1, 0.15) is 47.8 Å². The van der Waals surface area contributed by atoms with Crippen LogP contribution in [-0.4, -0.2) is 30.6 Å². The second kappa shape index (κ2) is 11.5. The van der Waals surface area contributed by atoms with Crippen molar-refractivity contribution in [1.29, 1.82) is 0 Å². The molecule has 0 heterocycles. The summed E-state index contributed by atoms with van der Waals surface area (Å²) in [6.07, 6.45) is -3.78. The summed E-state index contributed by atoms with van der Waals surface area (Å²) >= 11 is 0. The molecule has 1 N–H and O–H groups in total. The van der Waals surface area contributed by atoms with E-state index in [1.54, 1.807) is 51.1 Å². The number of esters is 1.